The molecule has 0 amide bonds. The third-order valence-corrected chi connectivity index (χ3v) is 6.67. The highest BCUT2D eigenvalue weighted by molar-refractivity contribution is 5.88. The lowest BCUT2D eigenvalue weighted by molar-refractivity contribution is 0.0697. The minimum absolute atomic E-state index is 0.179. The van der Waals surface area contributed by atoms with Crippen molar-refractivity contribution < 1.29 is 9.90 Å². The summed E-state index contributed by atoms with van der Waals surface area (Å²) in [4.78, 5) is 13.5. The van der Waals surface area contributed by atoms with E-state index in [2.05, 4.69) is 41.3 Å². The summed E-state index contributed by atoms with van der Waals surface area (Å²) < 4.78 is 0. The zero-order valence-corrected chi connectivity index (χ0v) is 16.8. The zero-order chi connectivity index (χ0) is 20.2. The van der Waals surface area contributed by atoms with E-state index in [-0.39, 0.29) is 5.56 Å². The fraction of sp³-hybridized carbons (Fsp3) is 0.440. The minimum Gasteiger partial charge on any atom is -0.478 e. The van der Waals surface area contributed by atoms with Crippen LogP contribution in [-0.4, -0.2) is 29.1 Å². The molecule has 1 aliphatic heterocycles. The monoisotopic (exact) mass is 388 g/mol. The van der Waals surface area contributed by atoms with Crippen LogP contribution in [0.25, 0.3) is 0 Å². The largest absolute Gasteiger partial charge is 0.478 e. The van der Waals surface area contributed by atoms with Crippen molar-refractivity contribution in [3.05, 3.63) is 70.8 Å². The van der Waals surface area contributed by atoms with Crippen LogP contribution in [0.1, 0.15) is 65.1 Å². The normalized spacial score (nSPS) is 22.2. The van der Waals surface area contributed by atoms with E-state index in [0.29, 0.717) is 5.56 Å². The number of carboxylic acid groups (broad SMARTS) is 1. The van der Waals surface area contributed by atoms with Crippen molar-refractivity contribution >= 4 is 5.97 Å². The molecule has 4 rings (SSSR count). The van der Waals surface area contributed by atoms with Crippen molar-refractivity contribution in [2.45, 2.75) is 44.6 Å². The number of benzene rings is 2. The van der Waals surface area contributed by atoms with Crippen LogP contribution in [0.5, 0.6) is 0 Å². The highest BCUT2D eigenvalue weighted by Gasteiger charge is 2.38. The summed E-state index contributed by atoms with van der Waals surface area (Å²) in [5.74, 6) is 1.49. The number of hydrogen-bond donors (Lipinski definition) is 1. The lowest BCUT2D eigenvalue weighted by Crippen LogP contribution is -2.33. The summed E-state index contributed by atoms with van der Waals surface area (Å²) >= 11 is 0. The van der Waals surface area contributed by atoms with Gasteiger partial charge < -0.3 is 5.11 Å². The Morgan fingerprint density at radius 2 is 1.86 bits per heavy atom. The van der Waals surface area contributed by atoms with Crippen LogP contribution < -0.4 is 0 Å². The van der Waals surface area contributed by atoms with Crippen molar-refractivity contribution in [3.8, 4) is 6.07 Å². The summed E-state index contributed by atoms with van der Waals surface area (Å²) in [5, 5.41) is 18.5. The Morgan fingerprint density at radius 1 is 1.10 bits per heavy atom. The van der Waals surface area contributed by atoms with Gasteiger partial charge in [0.25, 0.3) is 0 Å². The summed E-state index contributed by atoms with van der Waals surface area (Å²) in [6.07, 6.45) is 6.47. The number of nitrogens with zero attached hydrogens (tertiary/aromatic N) is 2. The van der Waals surface area contributed by atoms with Crippen LogP contribution in [0.4, 0.5) is 0 Å². The molecule has 2 aliphatic rings. The van der Waals surface area contributed by atoms with Gasteiger partial charge in [0, 0.05) is 6.54 Å². The van der Waals surface area contributed by atoms with Gasteiger partial charge in [-0.1, -0.05) is 42.8 Å². The molecule has 29 heavy (non-hydrogen) atoms. The first kappa shape index (κ1) is 19.7. The number of piperidine rings is 1. The van der Waals surface area contributed by atoms with Crippen LogP contribution in [0.3, 0.4) is 0 Å². The van der Waals surface area contributed by atoms with E-state index in [1.165, 1.54) is 43.7 Å². The highest BCUT2D eigenvalue weighted by atomic mass is 16.4. The van der Waals surface area contributed by atoms with Crippen LogP contribution in [0.15, 0.2) is 48.5 Å². The molecule has 4 heteroatoms. The van der Waals surface area contributed by atoms with Crippen molar-refractivity contribution in [2.75, 3.05) is 13.1 Å². The Balaban J connectivity index is 1.22. The third-order valence-electron chi connectivity index (χ3n) is 6.67. The van der Waals surface area contributed by atoms with E-state index in [1.807, 2.05) is 0 Å². The third kappa shape index (κ3) is 4.86. The minimum atomic E-state index is -0.987. The van der Waals surface area contributed by atoms with Gasteiger partial charge in [-0.15, -0.1) is 0 Å². The molecule has 0 radical (unpaired) electrons. The van der Waals surface area contributed by atoms with Gasteiger partial charge in [0.2, 0.25) is 0 Å². The molecule has 0 unspecified atom stereocenters. The fourth-order valence-corrected chi connectivity index (χ4v) is 4.75. The van der Waals surface area contributed by atoms with Gasteiger partial charge in [-0.3, -0.25) is 4.90 Å². The summed E-state index contributed by atoms with van der Waals surface area (Å²) in [7, 11) is 0. The van der Waals surface area contributed by atoms with Crippen LogP contribution >= 0.6 is 0 Å². The number of carbonyl (C=O) groups is 1. The summed E-state index contributed by atoms with van der Waals surface area (Å²) in [6.45, 7) is 2.85. The predicted octanol–water partition coefficient (Wildman–Crippen LogP) is 5.05. The second-order valence-corrected chi connectivity index (χ2v) is 8.60. The Morgan fingerprint density at radius 3 is 2.55 bits per heavy atom. The van der Waals surface area contributed by atoms with Crippen molar-refractivity contribution in [1.82, 2.24) is 4.90 Å². The van der Waals surface area contributed by atoms with Gasteiger partial charge in [-0.25, -0.2) is 4.79 Å². The number of nitriles is 1. The lowest BCUT2D eigenvalue weighted by Gasteiger charge is -2.32. The van der Waals surface area contributed by atoms with E-state index in [9.17, 15) is 10.1 Å². The van der Waals surface area contributed by atoms with E-state index in [0.717, 1.165) is 43.0 Å². The highest BCUT2D eigenvalue weighted by Crippen LogP contribution is 2.50. The molecule has 1 saturated carbocycles. The quantitative estimate of drug-likeness (QED) is 0.721. The molecule has 1 heterocycles. The number of carboxylic acids is 1. The molecule has 2 aromatic rings. The topological polar surface area (TPSA) is 64.3 Å². The molecule has 0 bridgehead atoms. The van der Waals surface area contributed by atoms with Crippen molar-refractivity contribution in [1.29, 1.82) is 5.26 Å². The average molecular weight is 389 g/mol. The molecule has 1 aliphatic carbocycles. The molecule has 1 N–H and O–H groups in total. The number of rotatable bonds is 7. The molecule has 2 atom stereocenters. The first-order valence-electron chi connectivity index (χ1n) is 10.7. The van der Waals surface area contributed by atoms with E-state index in [4.69, 9.17) is 5.11 Å². The smallest absolute Gasteiger partial charge is 0.335 e. The SMILES string of the molecule is N#Cc1cc(C(=O)O)ccc1CN1CCC(CC[C@@H]2C[C@H]2c2ccccc2)CC1. The summed E-state index contributed by atoms with van der Waals surface area (Å²) in [5.41, 5.74) is 3.10. The molecule has 4 nitrogen and oxygen atoms in total. The maximum Gasteiger partial charge on any atom is 0.335 e. The number of hydrogen-bond acceptors (Lipinski definition) is 3. The van der Waals surface area contributed by atoms with Gasteiger partial charge in [0.05, 0.1) is 17.2 Å². The lowest BCUT2D eigenvalue weighted by atomic mass is 9.90. The van der Waals surface area contributed by atoms with Gasteiger partial charge in [0.1, 0.15) is 0 Å². The first-order chi connectivity index (χ1) is 14.1. The molecule has 0 spiro atoms. The Labute approximate surface area is 172 Å². The van der Waals surface area contributed by atoms with Gasteiger partial charge in [-0.2, -0.15) is 5.26 Å². The van der Waals surface area contributed by atoms with Crippen molar-refractivity contribution in [3.63, 3.8) is 0 Å². The van der Waals surface area contributed by atoms with E-state index in [1.54, 1.807) is 12.1 Å². The van der Waals surface area contributed by atoms with Crippen LogP contribution in [0.2, 0.25) is 0 Å². The zero-order valence-electron chi connectivity index (χ0n) is 16.8. The maximum absolute atomic E-state index is 11.1. The Kier molecular flexibility index (Phi) is 5.97. The van der Waals surface area contributed by atoms with Crippen molar-refractivity contribution in [2.24, 2.45) is 11.8 Å². The molecular formula is C25H28N2O2. The standard InChI is InChI=1S/C25H28N2O2/c26-16-23-14-21(25(28)29)8-9-22(23)17-27-12-10-18(11-13-27)6-7-20-15-24(20)19-4-2-1-3-5-19/h1-5,8-9,14,18,20,24H,6-7,10-13,15,17H2,(H,28,29)/t20-,24+/m1/s1. The predicted molar refractivity (Wildman–Crippen MR) is 113 cm³/mol. The Bertz CT molecular complexity index is 895. The van der Waals surface area contributed by atoms with E-state index >= 15 is 0 Å². The fourth-order valence-electron chi connectivity index (χ4n) is 4.75. The van der Waals surface area contributed by atoms with E-state index < -0.39 is 5.97 Å². The second kappa shape index (κ2) is 8.80. The molecular weight excluding hydrogens is 360 g/mol. The first-order valence-corrected chi connectivity index (χ1v) is 10.7. The van der Waals surface area contributed by atoms with Gasteiger partial charge >= 0.3 is 5.97 Å². The summed E-state index contributed by atoms with van der Waals surface area (Å²) in [6, 6.07) is 18.0. The van der Waals surface area contributed by atoms with Crippen LogP contribution in [-0.2, 0) is 6.54 Å². The Hall–Kier alpha value is -2.64. The second-order valence-electron chi connectivity index (χ2n) is 8.60. The molecule has 150 valence electrons. The molecule has 1 saturated heterocycles. The van der Waals surface area contributed by atoms with Crippen LogP contribution in [0, 0.1) is 23.2 Å². The molecule has 2 fully saturated rings. The number of likely N-dealkylation sites (tertiary alicyclic amines) is 1. The molecule has 2 aromatic carbocycles. The maximum atomic E-state index is 11.1. The van der Waals surface area contributed by atoms with Gasteiger partial charge in [0.15, 0.2) is 0 Å². The van der Waals surface area contributed by atoms with Gasteiger partial charge in [-0.05, 0) is 79.8 Å². The number of aromatic carboxylic acids is 1. The average Bonchev–Trinajstić information content (AvgIpc) is 3.54. The molecule has 0 aromatic heterocycles.